The first-order valence-electron chi connectivity index (χ1n) is 5.42. The molecule has 2 N–H and O–H groups in total. The Bertz CT molecular complexity index is 300. The van der Waals surface area contributed by atoms with Crippen LogP contribution in [-0.2, 0) is 4.79 Å². The van der Waals surface area contributed by atoms with Gasteiger partial charge >= 0.3 is 12.0 Å². The van der Waals surface area contributed by atoms with Crippen LogP contribution in [0.15, 0.2) is 11.8 Å². The van der Waals surface area contributed by atoms with Gasteiger partial charge in [-0.2, -0.15) is 0 Å². The van der Waals surface area contributed by atoms with Crippen LogP contribution in [0.2, 0.25) is 0 Å². The largest absolute Gasteiger partial charge is 0.481 e. The molecule has 0 unspecified atom stereocenters. The van der Waals surface area contributed by atoms with E-state index >= 15 is 0 Å². The number of piperidine rings is 1. The van der Waals surface area contributed by atoms with E-state index in [4.69, 9.17) is 5.11 Å². The summed E-state index contributed by atoms with van der Waals surface area (Å²) >= 11 is 0. The normalized spacial score (nSPS) is 16.8. The van der Waals surface area contributed by atoms with E-state index in [-0.39, 0.29) is 11.9 Å². The third-order valence-corrected chi connectivity index (χ3v) is 2.62. The number of carbonyl (C=O) groups is 2. The van der Waals surface area contributed by atoms with Gasteiger partial charge in [0.05, 0.1) is 5.92 Å². The van der Waals surface area contributed by atoms with Gasteiger partial charge in [-0.05, 0) is 26.7 Å². The van der Waals surface area contributed by atoms with E-state index in [0.29, 0.717) is 25.9 Å². The van der Waals surface area contributed by atoms with Crippen molar-refractivity contribution < 1.29 is 14.7 Å². The summed E-state index contributed by atoms with van der Waals surface area (Å²) in [5.74, 6) is -1.06. The van der Waals surface area contributed by atoms with Gasteiger partial charge in [0.2, 0.25) is 0 Å². The Morgan fingerprint density at radius 3 is 2.31 bits per heavy atom. The number of amides is 2. The fourth-order valence-electron chi connectivity index (χ4n) is 1.63. The second kappa shape index (κ2) is 5.53. The molecular weight excluding hydrogens is 208 g/mol. The van der Waals surface area contributed by atoms with Gasteiger partial charge in [0.25, 0.3) is 0 Å². The first-order chi connectivity index (χ1) is 7.50. The van der Waals surface area contributed by atoms with Crippen molar-refractivity contribution in [1.29, 1.82) is 0 Å². The highest BCUT2D eigenvalue weighted by Crippen LogP contribution is 2.17. The van der Waals surface area contributed by atoms with Crippen LogP contribution in [0.1, 0.15) is 26.7 Å². The number of allylic oxidation sites excluding steroid dienone is 1. The molecule has 0 saturated carbocycles. The van der Waals surface area contributed by atoms with Crippen LogP contribution in [0, 0.1) is 5.92 Å². The quantitative estimate of drug-likeness (QED) is 0.748. The highest BCUT2D eigenvalue weighted by Gasteiger charge is 2.26. The molecule has 1 rings (SSSR count). The molecule has 0 aromatic heterocycles. The summed E-state index contributed by atoms with van der Waals surface area (Å²) < 4.78 is 0. The molecule has 0 aromatic rings. The Hall–Kier alpha value is -1.52. The smallest absolute Gasteiger partial charge is 0.321 e. The lowest BCUT2D eigenvalue weighted by Gasteiger charge is -2.29. The fraction of sp³-hybridized carbons (Fsp3) is 0.636. The highest BCUT2D eigenvalue weighted by molar-refractivity contribution is 5.76. The molecule has 0 atom stereocenters. The Balaban J connectivity index is 2.39. The summed E-state index contributed by atoms with van der Waals surface area (Å²) in [6, 6.07) is -0.148. The number of likely N-dealkylation sites (tertiary alicyclic amines) is 1. The monoisotopic (exact) mass is 226 g/mol. The minimum Gasteiger partial charge on any atom is -0.481 e. The van der Waals surface area contributed by atoms with Crippen LogP contribution >= 0.6 is 0 Å². The molecular formula is C11H18N2O3. The maximum Gasteiger partial charge on any atom is 0.321 e. The Morgan fingerprint density at radius 2 is 1.88 bits per heavy atom. The molecule has 5 nitrogen and oxygen atoms in total. The van der Waals surface area contributed by atoms with E-state index in [1.54, 1.807) is 11.1 Å². The summed E-state index contributed by atoms with van der Waals surface area (Å²) in [4.78, 5) is 24.0. The Kier molecular flexibility index (Phi) is 4.34. The van der Waals surface area contributed by atoms with Crippen molar-refractivity contribution in [3.05, 3.63) is 11.8 Å². The van der Waals surface area contributed by atoms with Gasteiger partial charge in [0.15, 0.2) is 0 Å². The van der Waals surface area contributed by atoms with Crippen molar-refractivity contribution in [1.82, 2.24) is 10.2 Å². The highest BCUT2D eigenvalue weighted by atomic mass is 16.4. The van der Waals surface area contributed by atoms with E-state index in [2.05, 4.69) is 5.32 Å². The average Bonchev–Trinajstić information content (AvgIpc) is 2.26. The number of carboxylic acid groups (broad SMARTS) is 1. The SMILES string of the molecule is CC(C)=CNC(=O)N1CCC(C(=O)O)CC1. The third kappa shape index (κ3) is 3.56. The van der Waals surface area contributed by atoms with E-state index in [9.17, 15) is 9.59 Å². The molecule has 90 valence electrons. The van der Waals surface area contributed by atoms with Crippen LogP contribution in [-0.4, -0.2) is 35.1 Å². The van der Waals surface area contributed by atoms with E-state index in [1.165, 1.54) is 0 Å². The van der Waals surface area contributed by atoms with Gasteiger partial charge < -0.3 is 15.3 Å². The lowest BCUT2D eigenvalue weighted by atomic mass is 9.97. The predicted octanol–water partition coefficient (Wildman–Crippen LogP) is 1.42. The van der Waals surface area contributed by atoms with E-state index in [0.717, 1.165) is 5.57 Å². The molecule has 0 aliphatic carbocycles. The molecule has 1 heterocycles. The first-order valence-corrected chi connectivity index (χ1v) is 5.42. The van der Waals surface area contributed by atoms with Crippen molar-refractivity contribution >= 4 is 12.0 Å². The summed E-state index contributed by atoms with van der Waals surface area (Å²) in [7, 11) is 0. The predicted molar refractivity (Wildman–Crippen MR) is 59.9 cm³/mol. The van der Waals surface area contributed by atoms with Crippen molar-refractivity contribution in [2.45, 2.75) is 26.7 Å². The maximum absolute atomic E-state index is 11.6. The zero-order valence-electron chi connectivity index (χ0n) is 9.69. The molecule has 0 spiro atoms. The van der Waals surface area contributed by atoms with Gasteiger partial charge in [0, 0.05) is 19.3 Å². The Labute approximate surface area is 95.1 Å². The number of hydrogen-bond donors (Lipinski definition) is 2. The minimum absolute atomic E-state index is 0.148. The summed E-state index contributed by atoms with van der Waals surface area (Å²) in [6.07, 6.45) is 2.74. The van der Waals surface area contributed by atoms with Crippen molar-refractivity contribution in [2.75, 3.05) is 13.1 Å². The van der Waals surface area contributed by atoms with E-state index < -0.39 is 5.97 Å². The van der Waals surface area contributed by atoms with Crippen molar-refractivity contribution in [3.63, 3.8) is 0 Å². The molecule has 1 saturated heterocycles. The standard InChI is InChI=1S/C11H18N2O3/c1-8(2)7-12-11(16)13-5-3-9(4-6-13)10(14)15/h7,9H,3-6H2,1-2H3,(H,12,16)(H,14,15). The minimum atomic E-state index is -0.760. The number of aliphatic carboxylic acids is 1. The molecule has 1 aliphatic rings. The molecule has 2 amide bonds. The molecule has 1 fully saturated rings. The van der Waals surface area contributed by atoms with Gasteiger partial charge in [-0.25, -0.2) is 4.79 Å². The van der Waals surface area contributed by atoms with Crippen LogP contribution in [0.5, 0.6) is 0 Å². The number of nitrogens with one attached hydrogen (secondary N) is 1. The molecule has 0 radical (unpaired) electrons. The average molecular weight is 226 g/mol. The zero-order valence-corrected chi connectivity index (χ0v) is 9.69. The molecule has 1 aliphatic heterocycles. The van der Waals surface area contributed by atoms with Gasteiger partial charge in [-0.3, -0.25) is 4.79 Å². The number of nitrogens with zero attached hydrogens (tertiary/aromatic N) is 1. The third-order valence-electron chi connectivity index (χ3n) is 2.62. The number of rotatable bonds is 2. The fourth-order valence-corrected chi connectivity index (χ4v) is 1.63. The number of carbonyl (C=O) groups excluding carboxylic acids is 1. The molecule has 16 heavy (non-hydrogen) atoms. The van der Waals surface area contributed by atoms with Crippen molar-refractivity contribution in [3.8, 4) is 0 Å². The van der Waals surface area contributed by atoms with Crippen LogP contribution < -0.4 is 5.32 Å². The summed E-state index contributed by atoms with van der Waals surface area (Å²) in [5, 5.41) is 11.5. The summed E-state index contributed by atoms with van der Waals surface area (Å²) in [5.41, 5.74) is 1.02. The lowest BCUT2D eigenvalue weighted by Crippen LogP contribution is -2.44. The molecule has 0 bridgehead atoms. The molecule has 5 heteroatoms. The second-order valence-electron chi connectivity index (χ2n) is 4.27. The molecule has 0 aromatic carbocycles. The lowest BCUT2D eigenvalue weighted by molar-refractivity contribution is -0.143. The summed E-state index contributed by atoms with van der Waals surface area (Å²) in [6.45, 7) is 4.83. The second-order valence-corrected chi connectivity index (χ2v) is 4.27. The van der Waals surface area contributed by atoms with Gasteiger partial charge in [0.1, 0.15) is 0 Å². The van der Waals surface area contributed by atoms with Crippen LogP contribution in [0.25, 0.3) is 0 Å². The Morgan fingerprint density at radius 1 is 1.31 bits per heavy atom. The number of hydrogen-bond acceptors (Lipinski definition) is 2. The number of carboxylic acids is 1. The van der Waals surface area contributed by atoms with Gasteiger partial charge in [-0.1, -0.05) is 5.57 Å². The zero-order chi connectivity index (χ0) is 12.1. The topological polar surface area (TPSA) is 69.6 Å². The van der Waals surface area contributed by atoms with Crippen LogP contribution in [0.4, 0.5) is 4.79 Å². The van der Waals surface area contributed by atoms with E-state index in [1.807, 2.05) is 13.8 Å². The van der Waals surface area contributed by atoms with Crippen molar-refractivity contribution in [2.24, 2.45) is 5.92 Å². The first kappa shape index (κ1) is 12.5. The van der Waals surface area contributed by atoms with Crippen LogP contribution in [0.3, 0.4) is 0 Å². The number of urea groups is 1. The van der Waals surface area contributed by atoms with Gasteiger partial charge in [-0.15, -0.1) is 0 Å². The maximum atomic E-state index is 11.6.